The molecule has 1 rings (SSSR count). The van der Waals surface area contributed by atoms with Crippen LogP contribution in [0.1, 0.15) is 32.1 Å². The van der Waals surface area contributed by atoms with E-state index < -0.39 is 5.54 Å². The third-order valence-electron chi connectivity index (χ3n) is 2.16. The van der Waals surface area contributed by atoms with Gasteiger partial charge in [0.2, 0.25) is 6.29 Å². The summed E-state index contributed by atoms with van der Waals surface area (Å²) >= 11 is 0. The van der Waals surface area contributed by atoms with Gasteiger partial charge >= 0.3 is 0 Å². The molecule has 0 atom stereocenters. The molecule has 0 saturated heterocycles. The number of rotatable bonds is 1. The van der Waals surface area contributed by atoms with Crippen LogP contribution in [-0.4, -0.2) is 11.8 Å². The summed E-state index contributed by atoms with van der Waals surface area (Å²) in [6, 6.07) is 0. The van der Waals surface area contributed by atoms with Crippen molar-refractivity contribution in [3.63, 3.8) is 0 Å². The lowest BCUT2D eigenvalue weighted by Gasteiger charge is -2.19. The van der Waals surface area contributed by atoms with Gasteiger partial charge in [0.15, 0.2) is 0 Å². The van der Waals surface area contributed by atoms with Crippen LogP contribution in [0.15, 0.2) is 0 Å². The van der Waals surface area contributed by atoms with Crippen LogP contribution in [0.5, 0.6) is 0 Å². The molecule has 0 aromatic rings. The van der Waals surface area contributed by atoms with Gasteiger partial charge in [0.1, 0.15) is 0 Å². The second kappa shape index (κ2) is 2.83. The number of nitrogens with zero attached hydrogens (tertiary/aromatic N) is 1. The summed E-state index contributed by atoms with van der Waals surface area (Å²) in [6.07, 6.45) is 5.66. The van der Waals surface area contributed by atoms with Gasteiger partial charge in [0.25, 0.3) is 5.54 Å². The van der Waals surface area contributed by atoms with Crippen molar-refractivity contribution in [2.75, 3.05) is 0 Å². The van der Waals surface area contributed by atoms with Crippen molar-refractivity contribution in [1.29, 1.82) is 0 Å². The van der Waals surface area contributed by atoms with Gasteiger partial charge in [-0.1, -0.05) is 6.42 Å². The highest BCUT2D eigenvalue weighted by Gasteiger charge is 2.37. The van der Waals surface area contributed by atoms with Gasteiger partial charge in [-0.05, 0) is 12.8 Å². The molecule has 0 aliphatic heterocycles. The summed E-state index contributed by atoms with van der Waals surface area (Å²) in [5, 5.41) is 0. The second-order valence-electron chi connectivity index (χ2n) is 2.89. The predicted molar refractivity (Wildman–Crippen MR) is 38.5 cm³/mol. The van der Waals surface area contributed by atoms with Crippen molar-refractivity contribution in [3.05, 3.63) is 11.4 Å². The highest BCUT2D eigenvalue weighted by molar-refractivity contribution is 5.67. The fourth-order valence-corrected chi connectivity index (χ4v) is 1.42. The largest absolute Gasteiger partial charge is 0.302 e. The van der Waals surface area contributed by atoms with Crippen molar-refractivity contribution < 1.29 is 4.79 Å². The van der Waals surface area contributed by atoms with Crippen LogP contribution < -0.4 is 0 Å². The zero-order valence-corrected chi connectivity index (χ0v) is 5.97. The number of aldehydes is 1. The zero-order chi connectivity index (χ0) is 7.45. The summed E-state index contributed by atoms with van der Waals surface area (Å²) in [5.74, 6) is 0. The van der Waals surface area contributed by atoms with E-state index >= 15 is 0 Å². The molecule has 1 aliphatic rings. The van der Waals surface area contributed by atoms with E-state index in [0.29, 0.717) is 0 Å². The Labute approximate surface area is 61.1 Å². The topological polar surface area (TPSA) is 21.4 Å². The normalized spacial score (nSPS) is 23.1. The summed E-state index contributed by atoms with van der Waals surface area (Å²) in [5.41, 5.74) is -0.627. The van der Waals surface area contributed by atoms with Crippen LogP contribution >= 0.6 is 0 Å². The first-order valence-electron chi connectivity index (χ1n) is 3.68. The van der Waals surface area contributed by atoms with Crippen LogP contribution in [0.3, 0.4) is 0 Å². The standard InChI is InChI=1S/C8H11NO/c1-9-8(7-10)5-3-2-4-6-8/h7H,2-6H2. The predicted octanol–water partition coefficient (Wildman–Crippen LogP) is 1.81. The molecule has 1 saturated carbocycles. The third-order valence-corrected chi connectivity index (χ3v) is 2.16. The molecule has 0 aromatic carbocycles. The number of carbonyl (C=O) groups is 1. The van der Waals surface area contributed by atoms with Crippen LogP contribution in [0, 0.1) is 6.57 Å². The van der Waals surface area contributed by atoms with Gasteiger partial charge in [-0.15, -0.1) is 0 Å². The molecule has 0 spiro atoms. The maximum absolute atomic E-state index is 10.5. The van der Waals surface area contributed by atoms with E-state index in [0.717, 1.165) is 32.0 Å². The molecule has 0 bridgehead atoms. The molecule has 1 aliphatic carbocycles. The van der Waals surface area contributed by atoms with E-state index in [9.17, 15) is 4.79 Å². The van der Waals surface area contributed by atoms with Gasteiger partial charge in [0.05, 0.1) is 0 Å². The van der Waals surface area contributed by atoms with Gasteiger partial charge < -0.3 is 4.85 Å². The lowest BCUT2D eigenvalue weighted by molar-refractivity contribution is -0.111. The Bertz CT molecular complexity index is 163. The summed E-state index contributed by atoms with van der Waals surface area (Å²) < 4.78 is 0. The average Bonchev–Trinajstić information content (AvgIpc) is 2.06. The smallest absolute Gasteiger partial charge is 0.286 e. The molecule has 0 radical (unpaired) electrons. The van der Waals surface area contributed by atoms with Crippen molar-refractivity contribution in [1.82, 2.24) is 0 Å². The highest BCUT2D eigenvalue weighted by Crippen LogP contribution is 2.29. The Kier molecular flexibility index (Phi) is 2.06. The first-order valence-corrected chi connectivity index (χ1v) is 3.68. The van der Waals surface area contributed by atoms with Gasteiger partial charge in [-0.25, -0.2) is 6.57 Å². The van der Waals surface area contributed by atoms with Crippen LogP contribution in [-0.2, 0) is 4.79 Å². The summed E-state index contributed by atoms with van der Waals surface area (Å²) in [4.78, 5) is 13.9. The first-order chi connectivity index (χ1) is 4.83. The van der Waals surface area contributed by atoms with E-state index in [1.807, 2.05) is 0 Å². The molecular formula is C8H11NO. The van der Waals surface area contributed by atoms with E-state index in [-0.39, 0.29) is 0 Å². The lowest BCUT2D eigenvalue weighted by atomic mass is 9.84. The highest BCUT2D eigenvalue weighted by atomic mass is 16.1. The minimum Gasteiger partial charge on any atom is -0.302 e. The van der Waals surface area contributed by atoms with E-state index in [1.165, 1.54) is 6.42 Å². The van der Waals surface area contributed by atoms with Crippen molar-refractivity contribution in [3.8, 4) is 0 Å². The van der Waals surface area contributed by atoms with Crippen LogP contribution in [0.4, 0.5) is 0 Å². The van der Waals surface area contributed by atoms with Gasteiger partial charge in [-0.2, -0.15) is 0 Å². The molecule has 0 aromatic heterocycles. The van der Waals surface area contributed by atoms with Crippen LogP contribution in [0.25, 0.3) is 4.85 Å². The maximum atomic E-state index is 10.5. The Morgan fingerprint density at radius 2 is 1.90 bits per heavy atom. The first kappa shape index (κ1) is 7.27. The third kappa shape index (κ3) is 1.18. The summed E-state index contributed by atoms with van der Waals surface area (Å²) in [6.45, 7) is 6.84. The molecule has 0 N–H and O–H groups in total. The average molecular weight is 137 g/mol. The molecule has 1 fully saturated rings. The molecule has 0 amide bonds. The lowest BCUT2D eigenvalue weighted by Crippen LogP contribution is -2.28. The molecule has 0 heterocycles. The fourth-order valence-electron chi connectivity index (χ4n) is 1.42. The van der Waals surface area contributed by atoms with E-state index in [1.54, 1.807) is 0 Å². The Morgan fingerprint density at radius 1 is 1.30 bits per heavy atom. The van der Waals surface area contributed by atoms with Crippen molar-refractivity contribution in [2.45, 2.75) is 37.6 Å². The number of carbonyl (C=O) groups excluding carboxylic acids is 1. The molecule has 10 heavy (non-hydrogen) atoms. The van der Waals surface area contributed by atoms with Gasteiger partial charge in [0, 0.05) is 12.8 Å². The van der Waals surface area contributed by atoms with Crippen LogP contribution in [0.2, 0.25) is 0 Å². The molecule has 54 valence electrons. The fraction of sp³-hybridized carbons (Fsp3) is 0.750. The Morgan fingerprint density at radius 3 is 2.20 bits per heavy atom. The minimum atomic E-state index is -0.627. The quantitative estimate of drug-likeness (QED) is 0.399. The number of hydrogen-bond donors (Lipinski definition) is 0. The number of hydrogen-bond acceptors (Lipinski definition) is 1. The molecule has 0 unspecified atom stereocenters. The second-order valence-corrected chi connectivity index (χ2v) is 2.89. The SMILES string of the molecule is [C-]#[N+]C1(C=O)CCCCC1. The monoisotopic (exact) mass is 137 g/mol. The van der Waals surface area contributed by atoms with E-state index in [4.69, 9.17) is 6.57 Å². The van der Waals surface area contributed by atoms with Crippen molar-refractivity contribution in [2.24, 2.45) is 0 Å². The molecular weight excluding hydrogens is 126 g/mol. The minimum absolute atomic E-state index is 0.627. The zero-order valence-electron chi connectivity index (χ0n) is 5.97. The Balaban J connectivity index is 2.63. The van der Waals surface area contributed by atoms with Gasteiger partial charge in [-0.3, -0.25) is 4.79 Å². The Hall–Kier alpha value is -0.840. The maximum Gasteiger partial charge on any atom is 0.286 e. The van der Waals surface area contributed by atoms with E-state index in [2.05, 4.69) is 4.85 Å². The summed E-state index contributed by atoms with van der Waals surface area (Å²) in [7, 11) is 0. The van der Waals surface area contributed by atoms with Crippen molar-refractivity contribution >= 4 is 6.29 Å². The molecule has 2 nitrogen and oxygen atoms in total. The molecule has 2 heteroatoms.